The fourth-order valence-electron chi connectivity index (χ4n) is 3.10. The monoisotopic (exact) mass is 477 g/mol. The molecule has 1 aromatic heterocycles. The predicted molar refractivity (Wildman–Crippen MR) is 121 cm³/mol. The van der Waals surface area contributed by atoms with Crippen LogP contribution in [0.5, 0.6) is 0 Å². The number of sulfonamides is 1. The van der Waals surface area contributed by atoms with Gasteiger partial charge in [0.05, 0.1) is 12.3 Å². The molecule has 1 atom stereocenters. The number of benzene rings is 2. The Hall–Kier alpha value is -3.27. The number of rotatable bonds is 6. The van der Waals surface area contributed by atoms with Crippen molar-refractivity contribution in [2.45, 2.75) is 39.2 Å². The lowest BCUT2D eigenvalue weighted by atomic mass is 9.87. The molecule has 0 aliphatic rings. The van der Waals surface area contributed by atoms with Crippen molar-refractivity contribution in [3.8, 4) is 11.5 Å². The molecule has 0 saturated heterocycles. The average molecular weight is 478 g/mol. The molecule has 3 aromatic rings. The van der Waals surface area contributed by atoms with Crippen LogP contribution in [0.2, 0.25) is 0 Å². The molecule has 2 N–H and O–H groups in total. The first-order valence-corrected chi connectivity index (χ1v) is 12.0. The largest absolute Gasteiger partial charge is 0.444 e. The van der Waals surface area contributed by atoms with Crippen LogP contribution >= 0.6 is 0 Å². The van der Waals surface area contributed by atoms with Crippen molar-refractivity contribution in [3.05, 3.63) is 71.1 Å². The van der Waals surface area contributed by atoms with E-state index >= 15 is 0 Å². The van der Waals surface area contributed by atoms with E-state index in [1.807, 2.05) is 24.3 Å². The number of hydrogen-bond acceptors (Lipinski definition) is 5. The van der Waals surface area contributed by atoms with Gasteiger partial charge in [0.1, 0.15) is 12.0 Å². The second-order valence-corrected chi connectivity index (χ2v) is 10.5. The summed E-state index contributed by atoms with van der Waals surface area (Å²) in [7, 11) is -3.86. The summed E-state index contributed by atoms with van der Waals surface area (Å²) in [5.74, 6) is -2.53. The number of nitrogens with one attached hydrogen (secondary N) is 2. The summed E-state index contributed by atoms with van der Waals surface area (Å²) < 4.78 is 58.3. The van der Waals surface area contributed by atoms with Gasteiger partial charge in [-0.3, -0.25) is 9.52 Å². The maximum Gasteiger partial charge on any atom is 0.273 e. The maximum atomic E-state index is 14.2. The van der Waals surface area contributed by atoms with Gasteiger partial charge in [0.15, 0.2) is 17.3 Å². The van der Waals surface area contributed by atoms with E-state index in [1.165, 1.54) is 13.2 Å². The van der Waals surface area contributed by atoms with Gasteiger partial charge in [-0.05, 0) is 47.7 Å². The van der Waals surface area contributed by atoms with Crippen LogP contribution in [0.15, 0.2) is 47.1 Å². The zero-order valence-electron chi connectivity index (χ0n) is 18.9. The van der Waals surface area contributed by atoms with Crippen LogP contribution in [-0.2, 0) is 15.4 Å². The van der Waals surface area contributed by atoms with Crippen LogP contribution in [0.1, 0.15) is 55.4 Å². The van der Waals surface area contributed by atoms with Gasteiger partial charge in [-0.15, -0.1) is 0 Å². The highest BCUT2D eigenvalue weighted by Crippen LogP contribution is 2.27. The Bertz CT molecular complexity index is 1260. The molecule has 0 spiro atoms. The van der Waals surface area contributed by atoms with Crippen LogP contribution in [0.3, 0.4) is 0 Å². The number of carbonyl (C=O) groups excluding carboxylic acids is 1. The highest BCUT2D eigenvalue weighted by Gasteiger charge is 2.21. The zero-order chi connectivity index (χ0) is 24.6. The van der Waals surface area contributed by atoms with Gasteiger partial charge in [-0.2, -0.15) is 0 Å². The van der Waals surface area contributed by atoms with Crippen molar-refractivity contribution in [1.29, 1.82) is 0 Å². The Morgan fingerprint density at radius 1 is 1.09 bits per heavy atom. The normalized spacial score (nSPS) is 12.9. The Labute approximate surface area is 191 Å². The van der Waals surface area contributed by atoms with E-state index in [-0.39, 0.29) is 22.6 Å². The number of aromatic nitrogens is 1. The van der Waals surface area contributed by atoms with E-state index in [0.29, 0.717) is 5.56 Å². The Balaban J connectivity index is 1.74. The Kier molecular flexibility index (Phi) is 6.60. The van der Waals surface area contributed by atoms with Crippen molar-refractivity contribution in [3.63, 3.8) is 0 Å². The van der Waals surface area contributed by atoms with Crippen molar-refractivity contribution in [1.82, 2.24) is 10.3 Å². The third-order valence-corrected chi connectivity index (χ3v) is 5.51. The van der Waals surface area contributed by atoms with E-state index in [2.05, 4.69) is 31.1 Å². The van der Waals surface area contributed by atoms with Gasteiger partial charge in [0, 0.05) is 5.56 Å². The minimum absolute atomic E-state index is 0.00564. The van der Waals surface area contributed by atoms with Crippen molar-refractivity contribution in [2.75, 3.05) is 11.0 Å². The number of carbonyl (C=O) groups is 1. The highest BCUT2D eigenvalue weighted by atomic mass is 32.2. The average Bonchev–Trinajstić information content (AvgIpc) is 3.19. The summed E-state index contributed by atoms with van der Waals surface area (Å²) in [6.45, 7) is 7.83. The van der Waals surface area contributed by atoms with E-state index in [0.717, 1.165) is 24.0 Å². The van der Waals surface area contributed by atoms with Crippen molar-refractivity contribution < 1.29 is 26.4 Å². The van der Waals surface area contributed by atoms with E-state index in [4.69, 9.17) is 4.42 Å². The van der Waals surface area contributed by atoms with Gasteiger partial charge in [0.25, 0.3) is 5.91 Å². The fraction of sp³-hybridized carbons (Fsp3) is 0.304. The number of nitrogens with zero attached hydrogens (tertiary/aromatic N) is 1. The second kappa shape index (κ2) is 8.93. The summed E-state index contributed by atoms with van der Waals surface area (Å²) in [5, 5.41) is 2.60. The first-order valence-electron chi connectivity index (χ1n) is 10.1. The number of amides is 1. The van der Waals surface area contributed by atoms with Gasteiger partial charge in [-0.1, -0.05) is 32.9 Å². The molecule has 176 valence electrons. The van der Waals surface area contributed by atoms with Crippen LogP contribution in [-0.4, -0.2) is 25.6 Å². The molecule has 0 aliphatic heterocycles. The van der Waals surface area contributed by atoms with E-state index in [1.54, 1.807) is 4.72 Å². The second-order valence-electron chi connectivity index (χ2n) is 8.79. The third kappa shape index (κ3) is 5.95. The molecular formula is C23H25F2N3O4S. The molecule has 1 amide bonds. The maximum absolute atomic E-state index is 14.2. The van der Waals surface area contributed by atoms with Gasteiger partial charge in [-0.25, -0.2) is 22.2 Å². The molecule has 0 aliphatic carbocycles. The molecule has 2 aromatic carbocycles. The number of anilines is 1. The topological polar surface area (TPSA) is 101 Å². The minimum Gasteiger partial charge on any atom is -0.444 e. The summed E-state index contributed by atoms with van der Waals surface area (Å²) in [6.07, 6.45) is 1.99. The number of hydrogen-bond donors (Lipinski definition) is 2. The van der Waals surface area contributed by atoms with E-state index < -0.39 is 39.3 Å². The lowest BCUT2D eigenvalue weighted by Crippen LogP contribution is -2.27. The molecule has 33 heavy (non-hydrogen) atoms. The molecule has 1 unspecified atom stereocenters. The molecule has 0 saturated carbocycles. The molecular weight excluding hydrogens is 452 g/mol. The molecule has 10 heteroatoms. The van der Waals surface area contributed by atoms with Gasteiger partial charge in [0.2, 0.25) is 15.9 Å². The molecule has 0 bridgehead atoms. The van der Waals surface area contributed by atoms with Crippen molar-refractivity contribution >= 4 is 21.6 Å². The first kappa shape index (κ1) is 24.4. The minimum atomic E-state index is -3.86. The summed E-state index contributed by atoms with van der Waals surface area (Å²) in [5.41, 5.74) is 1.18. The Morgan fingerprint density at radius 2 is 1.67 bits per heavy atom. The quantitative estimate of drug-likeness (QED) is 0.532. The molecule has 0 radical (unpaired) electrons. The van der Waals surface area contributed by atoms with Crippen LogP contribution in [0.25, 0.3) is 11.5 Å². The van der Waals surface area contributed by atoms with Crippen LogP contribution in [0, 0.1) is 11.6 Å². The highest BCUT2D eigenvalue weighted by molar-refractivity contribution is 7.92. The van der Waals surface area contributed by atoms with Gasteiger partial charge < -0.3 is 9.73 Å². The van der Waals surface area contributed by atoms with Crippen molar-refractivity contribution in [2.24, 2.45) is 0 Å². The van der Waals surface area contributed by atoms with E-state index in [9.17, 15) is 22.0 Å². The van der Waals surface area contributed by atoms with Gasteiger partial charge >= 0.3 is 0 Å². The van der Waals surface area contributed by atoms with Crippen LogP contribution in [0.4, 0.5) is 14.5 Å². The Morgan fingerprint density at radius 3 is 2.18 bits per heavy atom. The lowest BCUT2D eigenvalue weighted by molar-refractivity contribution is 0.0934. The lowest BCUT2D eigenvalue weighted by Gasteiger charge is -2.18. The fourth-order valence-corrected chi connectivity index (χ4v) is 3.67. The first-order chi connectivity index (χ1) is 15.2. The summed E-state index contributed by atoms with van der Waals surface area (Å²) in [4.78, 5) is 16.8. The molecule has 0 fully saturated rings. The summed E-state index contributed by atoms with van der Waals surface area (Å²) in [6, 6.07) is 8.75. The molecule has 1 heterocycles. The molecule has 7 nitrogen and oxygen atoms in total. The summed E-state index contributed by atoms with van der Waals surface area (Å²) >= 11 is 0. The standard InChI is InChI=1S/C23H25F2N3O4S/c1-13(15-10-17(24)20(18(25)11-15)28-33(5,30)31)26-21(29)19-12-32-22(27-19)14-6-8-16(9-7-14)23(2,3)4/h6-13,28H,1-5H3,(H,26,29). The zero-order valence-corrected chi connectivity index (χ0v) is 19.7. The molecule has 3 rings (SSSR count). The number of halogens is 2. The predicted octanol–water partition coefficient (Wildman–Crippen LogP) is 4.78. The third-order valence-electron chi connectivity index (χ3n) is 4.93. The van der Waals surface area contributed by atoms with Crippen LogP contribution < -0.4 is 10.0 Å². The number of oxazole rings is 1. The SMILES string of the molecule is CC(NC(=O)c1coc(-c2ccc(C(C)(C)C)cc2)n1)c1cc(F)c(NS(C)(=O)=O)c(F)c1. The smallest absolute Gasteiger partial charge is 0.273 e.